The van der Waals surface area contributed by atoms with Crippen molar-refractivity contribution < 1.29 is 27.1 Å². The van der Waals surface area contributed by atoms with Gasteiger partial charge in [-0.2, -0.15) is 18.3 Å². The van der Waals surface area contributed by atoms with Crippen molar-refractivity contribution in [3.8, 4) is 0 Å². The SMILES string of the molecule is O=C(c1cc2c(cn1)c(Cc1ccc(F)cn1)nn2CC(F)(F)F)N1CCCOCC1. The minimum absolute atomic E-state index is 0.0455. The van der Waals surface area contributed by atoms with Gasteiger partial charge in [0.25, 0.3) is 5.91 Å². The third kappa shape index (κ3) is 4.98. The van der Waals surface area contributed by atoms with E-state index >= 15 is 0 Å². The van der Waals surface area contributed by atoms with Gasteiger partial charge in [-0.05, 0) is 24.6 Å². The number of nitrogens with zero attached hydrogens (tertiary/aromatic N) is 5. The van der Waals surface area contributed by atoms with E-state index in [9.17, 15) is 22.4 Å². The zero-order valence-electron chi connectivity index (χ0n) is 16.4. The van der Waals surface area contributed by atoms with Gasteiger partial charge in [0.05, 0.1) is 24.0 Å². The second kappa shape index (κ2) is 8.58. The number of aromatic nitrogens is 4. The molecular formula is C20H19F4N5O2. The molecule has 0 radical (unpaired) electrons. The average molecular weight is 437 g/mol. The Bertz CT molecular complexity index is 1070. The van der Waals surface area contributed by atoms with Crippen LogP contribution >= 0.6 is 0 Å². The molecule has 7 nitrogen and oxygen atoms in total. The average Bonchev–Trinajstić information content (AvgIpc) is 2.90. The molecule has 4 heterocycles. The first-order valence-corrected chi connectivity index (χ1v) is 9.70. The Morgan fingerprint density at radius 2 is 1.97 bits per heavy atom. The Balaban J connectivity index is 1.71. The quantitative estimate of drug-likeness (QED) is 0.587. The predicted molar refractivity (Wildman–Crippen MR) is 102 cm³/mol. The lowest BCUT2D eigenvalue weighted by Gasteiger charge is -2.19. The van der Waals surface area contributed by atoms with Gasteiger partial charge in [0, 0.05) is 43.4 Å². The summed E-state index contributed by atoms with van der Waals surface area (Å²) in [5.41, 5.74) is 0.959. The highest BCUT2D eigenvalue weighted by Gasteiger charge is 2.30. The molecule has 0 spiro atoms. The van der Waals surface area contributed by atoms with Gasteiger partial charge >= 0.3 is 6.18 Å². The second-order valence-electron chi connectivity index (χ2n) is 7.21. The zero-order chi connectivity index (χ0) is 22.0. The number of hydrogen-bond acceptors (Lipinski definition) is 5. The third-order valence-electron chi connectivity index (χ3n) is 4.91. The summed E-state index contributed by atoms with van der Waals surface area (Å²) in [4.78, 5) is 22.5. The van der Waals surface area contributed by atoms with Gasteiger partial charge in [-0.1, -0.05) is 0 Å². The summed E-state index contributed by atoms with van der Waals surface area (Å²) in [5.74, 6) is -0.881. The summed E-state index contributed by atoms with van der Waals surface area (Å²) in [5, 5.41) is 4.48. The molecule has 1 saturated heterocycles. The van der Waals surface area contributed by atoms with Crippen LogP contribution in [0.2, 0.25) is 0 Å². The normalized spacial score (nSPS) is 15.3. The van der Waals surface area contributed by atoms with Gasteiger partial charge in [-0.15, -0.1) is 0 Å². The van der Waals surface area contributed by atoms with E-state index in [2.05, 4.69) is 15.1 Å². The van der Waals surface area contributed by atoms with Crippen LogP contribution in [-0.2, 0) is 17.7 Å². The van der Waals surface area contributed by atoms with Crippen LogP contribution in [0.15, 0.2) is 30.6 Å². The van der Waals surface area contributed by atoms with Crippen molar-refractivity contribution in [2.45, 2.75) is 25.6 Å². The Morgan fingerprint density at radius 3 is 2.71 bits per heavy atom. The number of carbonyl (C=O) groups excluding carboxylic acids is 1. The number of amides is 1. The smallest absolute Gasteiger partial charge is 0.380 e. The molecule has 0 N–H and O–H groups in total. The largest absolute Gasteiger partial charge is 0.408 e. The fourth-order valence-electron chi connectivity index (χ4n) is 3.47. The van der Waals surface area contributed by atoms with Gasteiger partial charge in [0.15, 0.2) is 0 Å². The van der Waals surface area contributed by atoms with Crippen LogP contribution in [0.4, 0.5) is 17.6 Å². The van der Waals surface area contributed by atoms with E-state index in [0.717, 1.165) is 10.9 Å². The summed E-state index contributed by atoms with van der Waals surface area (Å²) in [6, 6.07) is 4.00. The molecular weight excluding hydrogens is 418 g/mol. The number of fused-ring (bicyclic) bond motifs is 1. The lowest BCUT2D eigenvalue weighted by molar-refractivity contribution is -0.141. The molecule has 1 fully saturated rings. The maximum atomic E-state index is 13.1. The van der Waals surface area contributed by atoms with Crippen LogP contribution in [0.5, 0.6) is 0 Å². The lowest BCUT2D eigenvalue weighted by atomic mass is 10.1. The first-order valence-electron chi connectivity index (χ1n) is 9.70. The molecule has 0 aromatic carbocycles. The molecule has 11 heteroatoms. The standard InChI is InChI=1S/C20H19F4N5O2/c21-13-2-3-14(25-10-13)8-16-15-11-26-17(19(30)28-4-1-6-31-7-5-28)9-18(15)29(27-16)12-20(22,23)24/h2-3,9-11H,1,4-8,12H2. The van der Waals surface area contributed by atoms with Gasteiger partial charge in [0.2, 0.25) is 0 Å². The Hall–Kier alpha value is -3.08. The molecule has 0 saturated carbocycles. The summed E-state index contributed by atoms with van der Waals surface area (Å²) in [7, 11) is 0. The lowest BCUT2D eigenvalue weighted by Crippen LogP contribution is -2.33. The van der Waals surface area contributed by atoms with Gasteiger partial charge in [-0.3, -0.25) is 19.4 Å². The summed E-state index contributed by atoms with van der Waals surface area (Å²) < 4.78 is 58.6. The monoisotopic (exact) mass is 437 g/mol. The molecule has 0 aliphatic carbocycles. The molecule has 1 amide bonds. The molecule has 1 aliphatic heterocycles. The molecule has 0 atom stereocenters. The van der Waals surface area contributed by atoms with E-state index in [-0.39, 0.29) is 23.5 Å². The maximum absolute atomic E-state index is 13.1. The first-order chi connectivity index (χ1) is 14.8. The Labute approximate surface area is 174 Å². The van der Waals surface area contributed by atoms with Crippen molar-refractivity contribution in [3.05, 3.63) is 53.5 Å². The van der Waals surface area contributed by atoms with Crippen molar-refractivity contribution >= 4 is 16.8 Å². The summed E-state index contributed by atoms with van der Waals surface area (Å²) >= 11 is 0. The Kier molecular flexibility index (Phi) is 5.86. The number of halogens is 4. The molecule has 0 unspecified atom stereocenters. The van der Waals surface area contributed by atoms with Crippen LogP contribution in [0.1, 0.15) is 28.3 Å². The van der Waals surface area contributed by atoms with E-state index in [1.54, 1.807) is 4.90 Å². The number of carbonyl (C=O) groups is 1. The van der Waals surface area contributed by atoms with Crippen LogP contribution in [0, 0.1) is 5.82 Å². The molecule has 3 aromatic rings. The highest BCUT2D eigenvalue weighted by molar-refractivity contribution is 5.96. The number of hydrogen-bond donors (Lipinski definition) is 0. The highest BCUT2D eigenvalue weighted by Crippen LogP contribution is 2.25. The first kappa shape index (κ1) is 21.2. The predicted octanol–water partition coefficient (Wildman–Crippen LogP) is 2.98. The van der Waals surface area contributed by atoms with Crippen molar-refractivity contribution in [2.75, 3.05) is 26.3 Å². The zero-order valence-corrected chi connectivity index (χ0v) is 16.4. The molecule has 31 heavy (non-hydrogen) atoms. The number of rotatable bonds is 4. The number of ether oxygens (including phenoxy) is 1. The van der Waals surface area contributed by atoms with Gasteiger partial charge in [-0.25, -0.2) is 4.39 Å². The second-order valence-corrected chi connectivity index (χ2v) is 7.21. The fraction of sp³-hybridized carbons (Fsp3) is 0.400. The molecule has 3 aromatic heterocycles. The molecule has 4 rings (SSSR count). The van der Waals surface area contributed by atoms with E-state index < -0.39 is 18.5 Å². The van der Waals surface area contributed by atoms with Gasteiger partial charge in [0.1, 0.15) is 18.1 Å². The highest BCUT2D eigenvalue weighted by atomic mass is 19.4. The van der Waals surface area contributed by atoms with Crippen molar-refractivity contribution in [1.29, 1.82) is 0 Å². The van der Waals surface area contributed by atoms with Gasteiger partial charge < -0.3 is 9.64 Å². The van der Waals surface area contributed by atoms with Crippen LogP contribution in [-0.4, -0.2) is 63.0 Å². The van der Waals surface area contributed by atoms with E-state index in [0.29, 0.717) is 49.5 Å². The molecule has 1 aliphatic rings. The van der Waals surface area contributed by atoms with E-state index in [1.807, 2.05) is 0 Å². The van der Waals surface area contributed by atoms with E-state index in [1.165, 1.54) is 24.4 Å². The third-order valence-corrected chi connectivity index (χ3v) is 4.91. The molecule has 0 bridgehead atoms. The topological polar surface area (TPSA) is 73.1 Å². The van der Waals surface area contributed by atoms with Crippen molar-refractivity contribution in [2.24, 2.45) is 0 Å². The number of pyridine rings is 2. The van der Waals surface area contributed by atoms with Crippen molar-refractivity contribution in [1.82, 2.24) is 24.6 Å². The fourth-order valence-corrected chi connectivity index (χ4v) is 3.47. The van der Waals surface area contributed by atoms with Crippen LogP contribution in [0.3, 0.4) is 0 Å². The number of alkyl halides is 3. The van der Waals surface area contributed by atoms with E-state index in [4.69, 9.17) is 4.74 Å². The molecule has 164 valence electrons. The maximum Gasteiger partial charge on any atom is 0.408 e. The van der Waals surface area contributed by atoms with Crippen LogP contribution in [0.25, 0.3) is 10.9 Å². The summed E-state index contributed by atoms with van der Waals surface area (Å²) in [6.07, 6.45) is -1.34. The summed E-state index contributed by atoms with van der Waals surface area (Å²) in [6.45, 7) is 0.517. The Morgan fingerprint density at radius 1 is 1.13 bits per heavy atom. The minimum Gasteiger partial charge on any atom is -0.380 e. The minimum atomic E-state index is -4.50. The van der Waals surface area contributed by atoms with Crippen molar-refractivity contribution in [3.63, 3.8) is 0 Å². The van der Waals surface area contributed by atoms with Crippen LogP contribution < -0.4 is 0 Å².